The van der Waals surface area contributed by atoms with E-state index < -0.39 is 12.0 Å². The van der Waals surface area contributed by atoms with Crippen molar-refractivity contribution in [1.82, 2.24) is 9.80 Å². The van der Waals surface area contributed by atoms with Gasteiger partial charge in [0, 0.05) is 26.1 Å². The lowest BCUT2D eigenvalue weighted by Gasteiger charge is -2.35. The van der Waals surface area contributed by atoms with Crippen molar-refractivity contribution < 1.29 is 19.1 Å². The molecule has 2 aliphatic heterocycles. The molecule has 162 valence electrons. The summed E-state index contributed by atoms with van der Waals surface area (Å²) in [5.74, 6) is -1.09. The Balaban J connectivity index is 1.52. The number of piperidine rings is 1. The zero-order chi connectivity index (χ0) is 21.8. The van der Waals surface area contributed by atoms with E-state index in [0.29, 0.717) is 30.1 Å². The molecule has 2 aromatic carbocycles. The number of carbonyl (C=O) groups excluding carboxylic acids is 3. The van der Waals surface area contributed by atoms with Crippen molar-refractivity contribution in [3.05, 3.63) is 70.2 Å². The Kier molecular flexibility index (Phi) is 6.56. The standard InChI is InChI=1S/C24H25ClN2O4/c25-20-11-5-4-10-19(20)23(29)27-15-18-9-3-2-8-17(18)14-21(27)24(30)31-16-22(28)26-12-6-1-7-13-26/h2-5,8-11,21H,1,6-7,12-16H2/t21-/m0/s1. The predicted molar refractivity (Wildman–Crippen MR) is 117 cm³/mol. The van der Waals surface area contributed by atoms with Gasteiger partial charge in [0.1, 0.15) is 6.04 Å². The Labute approximate surface area is 186 Å². The number of nitrogens with zero attached hydrogens (tertiary/aromatic N) is 2. The lowest BCUT2D eigenvalue weighted by Crippen LogP contribution is -2.50. The number of esters is 1. The van der Waals surface area contributed by atoms with Gasteiger partial charge >= 0.3 is 5.97 Å². The van der Waals surface area contributed by atoms with Crippen LogP contribution in [0.25, 0.3) is 0 Å². The van der Waals surface area contributed by atoms with Crippen LogP contribution in [0.3, 0.4) is 0 Å². The molecular weight excluding hydrogens is 416 g/mol. The Morgan fingerprint density at radius 1 is 0.935 bits per heavy atom. The highest BCUT2D eigenvalue weighted by Gasteiger charge is 2.37. The molecule has 2 aliphatic rings. The van der Waals surface area contributed by atoms with Crippen LogP contribution in [-0.2, 0) is 27.3 Å². The normalized spacial score (nSPS) is 18.3. The average molecular weight is 441 g/mol. The fourth-order valence-electron chi connectivity index (χ4n) is 4.20. The molecule has 7 heteroatoms. The molecule has 6 nitrogen and oxygen atoms in total. The van der Waals surface area contributed by atoms with E-state index in [-0.39, 0.29) is 25.0 Å². The van der Waals surface area contributed by atoms with E-state index in [9.17, 15) is 14.4 Å². The van der Waals surface area contributed by atoms with Gasteiger partial charge in [0.25, 0.3) is 11.8 Å². The molecule has 1 atom stereocenters. The van der Waals surface area contributed by atoms with Gasteiger partial charge in [-0.1, -0.05) is 48.0 Å². The second-order valence-electron chi connectivity index (χ2n) is 7.95. The van der Waals surface area contributed by atoms with Crippen molar-refractivity contribution in [3.8, 4) is 0 Å². The van der Waals surface area contributed by atoms with Crippen LogP contribution in [0.4, 0.5) is 0 Å². The van der Waals surface area contributed by atoms with Gasteiger partial charge in [0.05, 0.1) is 10.6 Å². The Bertz CT molecular complexity index is 987. The molecule has 0 bridgehead atoms. The number of rotatable bonds is 4. The van der Waals surface area contributed by atoms with Gasteiger partial charge < -0.3 is 14.5 Å². The van der Waals surface area contributed by atoms with Crippen molar-refractivity contribution in [3.63, 3.8) is 0 Å². The quantitative estimate of drug-likeness (QED) is 0.683. The summed E-state index contributed by atoms with van der Waals surface area (Å²) in [5, 5.41) is 0.332. The molecule has 0 aromatic heterocycles. The maximum atomic E-state index is 13.3. The molecule has 1 saturated heterocycles. The highest BCUT2D eigenvalue weighted by atomic mass is 35.5. The van der Waals surface area contributed by atoms with Crippen LogP contribution in [0.2, 0.25) is 5.02 Å². The number of fused-ring (bicyclic) bond motifs is 1. The van der Waals surface area contributed by atoms with Crippen LogP contribution in [0, 0.1) is 0 Å². The third-order valence-corrected chi connectivity index (χ3v) is 6.26. The molecule has 0 unspecified atom stereocenters. The van der Waals surface area contributed by atoms with E-state index in [0.717, 1.165) is 30.4 Å². The number of carbonyl (C=O) groups is 3. The van der Waals surface area contributed by atoms with Crippen LogP contribution in [0.1, 0.15) is 40.7 Å². The smallest absolute Gasteiger partial charge is 0.329 e. The number of halogens is 1. The summed E-state index contributed by atoms with van der Waals surface area (Å²) in [6.07, 6.45) is 3.39. The lowest BCUT2D eigenvalue weighted by atomic mass is 9.93. The van der Waals surface area contributed by atoms with E-state index in [1.54, 1.807) is 29.2 Å². The summed E-state index contributed by atoms with van der Waals surface area (Å²) < 4.78 is 5.40. The van der Waals surface area contributed by atoms with Crippen LogP contribution in [0.5, 0.6) is 0 Å². The highest BCUT2D eigenvalue weighted by Crippen LogP contribution is 2.27. The minimum Gasteiger partial charge on any atom is -0.454 e. The number of likely N-dealkylation sites (tertiary alicyclic amines) is 1. The molecule has 2 aromatic rings. The van der Waals surface area contributed by atoms with E-state index >= 15 is 0 Å². The first-order valence-electron chi connectivity index (χ1n) is 10.6. The molecule has 2 amide bonds. The van der Waals surface area contributed by atoms with Gasteiger partial charge in [-0.2, -0.15) is 0 Å². The van der Waals surface area contributed by atoms with Crippen molar-refractivity contribution >= 4 is 29.4 Å². The highest BCUT2D eigenvalue weighted by molar-refractivity contribution is 6.33. The second kappa shape index (κ2) is 9.52. The van der Waals surface area contributed by atoms with Crippen LogP contribution in [-0.4, -0.2) is 53.3 Å². The topological polar surface area (TPSA) is 66.9 Å². The molecule has 1 fully saturated rings. The number of amides is 2. The van der Waals surface area contributed by atoms with Gasteiger partial charge in [0.15, 0.2) is 6.61 Å². The molecule has 0 saturated carbocycles. The summed E-state index contributed by atoms with van der Waals surface area (Å²) in [6.45, 7) is 1.37. The first-order chi connectivity index (χ1) is 15.0. The maximum absolute atomic E-state index is 13.3. The molecule has 0 spiro atoms. The first kappa shape index (κ1) is 21.4. The van der Waals surface area contributed by atoms with Gasteiger partial charge in [0.2, 0.25) is 0 Å². The Morgan fingerprint density at radius 2 is 1.61 bits per heavy atom. The van der Waals surface area contributed by atoms with Crippen LogP contribution >= 0.6 is 11.6 Å². The second-order valence-corrected chi connectivity index (χ2v) is 8.36. The van der Waals surface area contributed by atoms with Crippen molar-refractivity contribution in [2.75, 3.05) is 19.7 Å². The molecule has 2 heterocycles. The molecule has 0 aliphatic carbocycles. The van der Waals surface area contributed by atoms with E-state index in [2.05, 4.69) is 0 Å². The van der Waals surface area contributed by atoms with Crippen molar-refractivity contribution in [2.24, 2.45) is 0 Å². The molecule has 0 radical (unpaired) electrons. The van der Waals surface area contributed by atoms with Crippen LogP contribution in [0.15, 0.2) is 48.5 Å². The number of ether oxygens (including phenoxy) is 1. The number of hydrogen-bond acceptors (Lipinski definition) is 4. The van der Waals surface area contributed by atoms with Crippen molar-refractivity contribution in [1.29, 1.82) is 0 Å². The van der Waals surface area contributed by atoms with Gasteiger partial charge in [-0.3, -0.25) is 9.59 Å². The predicted octanol–water partition coefficient (Wildman–Crippen LogP) is 3.46. The largest absolute Gasteiger partial charge is 0.454 e. The SMILES string of the molecule is O=C(OCC(=O)N1CCCCC1)[C@@H]1Cc2ccccc2CN1C(=O)c1ccccc1Cl. The summed E-state index contributed by atoms with van der Waals surface area (Å²) >= 11 is 6.24. The molecular formula is C24H25ClN2O4. The monoisotopic (exact) mass is 440 g/mol. The number of benzene rings is 2. The zero-order valence-corrected chi connectivity index (χ0v) is 18.0. The molecule has 0 N–H and O–H groups in total. The third-order valence-electron chi connectivity index (χ3n) is 5.93. The molecule has 31 heavy (non-hydrogen) atoms. The minimum absolute atomic E-state index is 0.187. The first-order valence-corrected chi connectivity index (χ1v) is 11.0. The van der Waals surface area contributed by atoms with E-state index in [1.165, 1.54) is 4.90 Å². The zero-order valence-electron chi connectivity index (χ0n) is 17.3. The summed E-state index contributed by atoms with van der Waals surface area (Å²) in [5.41, 5.74) is 2.32. The van der Waals surface area contributed by atoms with Gasteiger partial charge in [-0.05, 0) is 42.5 Å². The molecule has 4 rings (SSSR count). The number of hydrogen-bond donors (Lipinski definition) is 0. The average Bonchev–Trinajstić information content (AvgIpc) is 2.82. The third kappa shape index (κ3) is 4.74. The van der Waals surface area contributed by atoms with Gasteiger partial charge in [-0.25, -0.2) is 4.79 Å². The minimum atomic E-state index is -0.812. The van der Waals surface area contributed by atoms with E-state index in [4.69, 9.17) is 16.3 Å². The van der Waals surface area contributed by atoms with Crippen LogP contribution < -0.4 is 0 Å². The summed E-state index contributed by atoms with van der Waals surface area (Å²) in [7, 11) is 0. The summed E-state index contributed by atoms with van der Waals surface area (Å²) in [4.78, 5) is 41.9. The van der Waals surface area contributed by atoms with Gasteiger partial charge in [-0.15, -0.1) is 0 Å². The lowest BCUT2D eigenvalue weighted by molar-refractivity contribution is -0.156. The fraction of sp³-hybridized carbons (Fsp3) is 0.375. The Morgan fingerprint density at radius 3 is 2.35 bits per heavy atom. The van der Waals surface area contributed by atoms with Crippen molar-refractivity contribution in [2.45, 2.75) is 38.3 Å². The van der Waals surface area contributed by atoms with E-state index in [1.807, 2.05) is 24.3 Å². The summed E-state index contributed by atoms with van der Waals surface area (Å²) in [6, 6.07) is 13.7. The fourth-order valence-corrected chi connectivity index (χ4v) is 4.42. The maximum Gasteiger partial charge on any atom is 0.329 e. The Hall–Kier alpha value is -2.86.